The number of benzene rings is 1. The summed E-state index contributed by atoms with van der Waals surface area (Å²) in [7, 11) is 0. The van der Waals surface area contributed by atoms with E-state index in [9.17, 15) is 4.79 Å². The van der Waals surface area contributed by atoms with E-state index in [1.165, 1.54) is 0 Å². The SMILES string of the molecule is CC1(C)O[C@@H]2C(=O)C3=C(NCCc4cc5c(cc43)OCO5)[C@@H]2O1. The van der Waals surface area contributed by atoms with Gasteiger partial charge in [0.15, 0.2) is 29.2 Å². The highest BCUT2D eigenvalue weighted by Gasteiger charge is 2.54. The van der Waals surface area contributed by atoms with Crippen molar-refractivity contribution in [1.82, 2.24) is 5.32 Å². The summed E-state index contributed by atoms with van der Waals surface area (Å²) in [5, 5.41) is 3.38. The minimum Gasteiger partial charge on any atom is -0.454 e. The van der Waals surface area contributed by atoms with Gasteiger partial charge < -0.3 is 24.3 Å². The van der Waals surface area contributed by atoms with Gasteiger partial charge in [0, 0.05) is 12.1 Å². The molecule has 1 fully saturated rings. The van der Waals surface area contributed by atoms with Crippen molar-refractivity contribution < 1.29 is 23.7 Å². The van der Waals surface area contributed by atoms with E-state index in [4.69, 9.17) is 18.9 Å². The van der Waals surface area contributed by atoms with E-state index < -0.39 is 11.9 Å². The predicted octanol–water partition coefficient (Wildman–Crippen LogP) is 1.37. The van der Waals surface area contributed by atoms with E-state index in [2.05, 4.69) is 5.32 Å². The first-order valence-corrected chi connectivity index (χ1v) is 7.84. The maximum Gasteiger partial charge on any atom is 0.231 e. The summed E-state index contributed by atoms with van der Waals surface area (Å²) >= 11 is 0. The molecule has 2 atom stereocenters. The molecule has 0 aromatic heterocycles. The van der Waals surface area contributed by atoms with Crippen LogP contribution >= 0.6 is 0 Å². The number of ether oxygens (including phenoxy) is 4. The number of carbonyl (C=O) groups excluding carboxylic acids is 1. The van der Waals surface area contributed by atoms with Crippen LogP contribution in [0.1, 0.15) is 25.0 Å². The van der Waals surface area contributed by atoms with Crippen LogP contribution in [0.4, 0.5) is 0 Å². The topological polar surface area (TPSA) is 66.0 Å². The molecule has 23 heavy (non-hydrogen) atoms. The van der Waals surface area contributed by atoms with Gasteiger partial charge in [0.05, 0.1) is 5.70 Å². The zero-order valence-electron chi connectivity index (χ0n) is 13.0. The van der Waals surface area contributed by atoms with Gasteiger partial charge in [0.25, 0.3) is 0 Å². The number of hydrogen-bond donors (Lipinski definition) is 1. The third-order valence-electron chi connectivity index (χ3n) is 4.73. The van der Waals surface area contributed by atoms with Crippen LogP contribution in [-0.2, 0) is 20.7 Å². The highest BCUT2D eigenvalue weighted by atomic mass is 16.8. The van der Waals surface area contributed by atoms with Crippen molar-refractivity contribution in [2.45, 2.75) is 38.3 Å². The summed E-state index contributed by atoms with van der Waals surface area (Å²) in [6.07, 6.45) is -0.115. The third kappa shape index (κ3) is 1.79. The molecule has 6 heteroatoms. The molecule has 120 valence electrons. The van der Waals surface area contributed by atoms with Gasteiger partial charge in [0.2, 0.25) is 6.79 Å². The van der Waals surface area contributed by atoms with Crippen LogP contribution in [0.2, 0.25) is 0 Å². The molecule has 1 saturated heterocycles. The van der Waals surface area contributed by atoms with Gasteiger partial charge >= 0.3 is 0 Å². The van der Waals surface area contributed by atoms with Crippen LogP contribution < -0.4 is 14.8 Å². The lowest BCUT2D eigenvalue weighted by molar-refractivity contribution is -0.152. The first kappa shape index (κ1) is 13.4. The molecule has 0 bridgehead atoms. The largest absolute Gasteiger partial charge is 0.454 e. The van der Waals surface area contributed by atoms with Crippen LogP contribution in [0.5, 0.6) is 11.5 Å². The van der Waals surface area contributed by atoms with Crippen LogP contribution in [0.3, 0.4) is 0 Å². The molecule has 0 radical (unpaired) electrons. The molecule has 0 unspecified atom stereocenters. The molecule has 1 aliphatic carbocycles. The number of hydrogen-bond acceptors (Lipinski definition) is 6. The third-order valence-corrected chi connectivity index (χ3v) is 4.73. The number of fused-ring (bicyclic) bond motifs is 5. The fourth-order valence-corrected chi connectivity index (χ4v) is 3.80. The standard InChI is InChI=1S/C17H17NO5/c1-17(2)22-15-13-12(14(19)16(15)23-17)9-6-11-10(20-7-21-11)5-8(9)3-4-18-13/h5-6,15-16,18H,3-4,7H2,1-2H3/t15-,16+/m0/s1. The van der Waals surface area contributed by atoms with Crippen molar-refractivity contribution in [3.05, 3.63) is 29.0 Å². The van der Waals surface area contributed by atoms with E-state index in [-0.39, 0.29) is 18.7 Å². The van der Waals surface area contributed by atoms with Crippen molar-refractivity contribution in [3.8, 4) is 11.5 Å². The lowest BCUT2D eigenvalue weighted by Gasteiger charge is -2.19. The zero-order valence-corrected chi connectivity index (χ0v) is 13.0. The van der Waals surface area contributed by atoms with Gasteiger partial charge in [-0.25, -0.2) is 0 Å². The van der Waals surface area contributed by atoms with Gasteiger partial charge in [-0.05, 0) is 43.5 Å². The first-order chi connectivity index (χ1) is 11.0. The van der Waals surface area contributed by atoms with Crippen molar-refractivity contribution in [3.63, 3.8) is 0 Å². The van der Waals surface area contributed by atoms with Crippen LogP contribution in [0.15, 0.2) is 17.8 Å². The van der Waals surface area contributed by atoms with Crippen molar-refractivity contribution in [2.75, 3.05) is 13.3 Å². The molecule has 3 aliphatic heterocycles. The Hall–Kier alpha value is -2.05. The Bertz CT molecular complexity index is 766. The molecule has 6 nitrogen and oxygen atoms in total. The van der Waals surface area contributed by atoms with Gasteiger partial charge in [0.1, 0.15) is 6.10 Å². The molecule has 0 saturated carbocycles. The second-order valence-electron chi connectivity index (χ2n) is 6.67. The summed E-state index contributed by atoms with van der Waals surface area (Å²) in [6.45, 7) is 4.64. The zero-order chi connectivity index (χ0) is 15.8. The highest BCUT2D eigenvalue weighted by molar-refractivity contribution is 6.27. The Kier molecular flexibility index (Phi) is 2.49. The van der Waals surface area contributed by atoms with Gasteiger partial charge in [-0.15, -0.1) is 0 Å². The van der Waals surface area contributed by atoms with Crippen molar-refractivity contribution in [2.24, 2.45) is 0 Å². The average molecular weight is 315 g/mol. The van der Waals surface area contributed by atoms with Crippen molar-refractivity contribution >= 4 is 11.4 Å². The van der Waals surface area contributed by atoms with E-state index in [0.717, 1.165) is 35.5 Å². The lowest BCUT2D eigenvalue weighted by atomic mass is 9.96. The molecule has 3 heterocycles. The smallest absolute Gasteiger partial charge is 0.231 e. The summed E-state index contributed by atoms with van der Waals surface area (Å²) in [5.41, 5.74) is 3.49. The number of nitrogens with one attached hydrogen (secondary N) is 1. The van der Waals surface area contributed by atoms with Crippen LogP contribution in [0, 0.1) is 0 Å². The molecule has 5 rings (SSSR count). The maximum atomic E-state index is 12.9. The Morgan fingerprint density at radius 3 is 2.70 bits per heavy atom. The van der Waals surface area contributed by atoms with Crippen LogP contribution in [-0.4, -0.2) is 37.1 Å². The lowest BCUT2D eigenvalue weighted by Crippen LogP contribution is -2.30. The average Bonchev–Trinajstić information content (AvgIpc) is 3.09. The first-order valence-electron chi connectivity index (χ1n) is 7.84. The second-order valence-corrected chi connectivity index (χ2v) is 6.67. The number of Topliss-reactive ketones (excluding diaryl/α,β-unsaturated/α-hetero) is 1. The molecule has 1 aromatic rings. The van der Waals surface area contributed by atoms with E-state index in [0.29, 0.717) is 11.3 Å². The predicted molar refractivity (Wildman–Crippen MR) is 80.0 cm³/mol. The van der Waals surface area contributed by atoms with E-state index in [1.54, 1.807) is 0 Å². The number of carbonyl (C=O) groups is 1. The second kappa shape index (κ2) is 4.27. The molecule has 1 N–H and O–H groups in total. The Morgan fingerprint density at radius 2 is 1.87 bits per heavy atom. The molecule has 0 spiro atoms. The normalized spacial score (nSPS) is 29.7. The van der Waals surface area contributed by atoms with Crippen LogP contribution in [0.25, 0.3) is 5.57 Å². The summed E-state index contributed by atoms with van der Waals surface area (Å²) < 4.78 is 22.7. The summed E-state index contributed by atoms with van der Waals surface area (Å²) in [5.74, 6) is 0.663. The minimum absolute atomic E-state index is 0.0231. The summed E-state index contributed by atoms with van der Waals surface area (Å²) in [4.78, 5) is 12.9. The minimum atomic E-state index is -0.741. The van der Waals surface area contributed by atoms with Gasteiger partial charge in [-0.3, -0.25) is 4.79 Å². The molecule has 1 aromatic carbocycles. The number of rotatable bonds is 0. The summed E-state index contributed by atoms with van der Waals surface area (Å²) in [6, 6.07) is 3.88. The van der Waals surface area contributed by atoms with Gasteiger partial charge in [-0.2, -0.15) is 0 Å². The van der Waals surface area contributed by atoms with Gasteiger partial charge in [-0.1, -0.05) is 0 Å². The Morgan fingerprint density at radius 1 is 1.13 bits per heavy atom. The molecular formula is C17H17NO5. The highest BCUT2D eigenvalue weighted by Crippen LogP contribution is 2.46. The fourth-order valence-electron chi connectivity index (χ4n) is 3.80. The quantitative estimate of drug-likeness (QED) is 0.780. The Labute approximate surface area is 133 Å². The monoisotopic (exact) mass is 315 g/mol. The number of ketones is 1. The van der Waals surface area contributed by atoms with E-state index >= 15 is 0 Å². The fraction of sp³-hybridized carbons (Fsp3) is 0.471. The molecule has 0 amide bonds. The molecule has 4 aliphatic rings. The Balaban J connectivity index is 1.67. The van der Waals surface area contributed by atoms with Crippen molar-refractivity contribution in [1.29, 1.82) is 0 Å². The maximum absolute atomic E-state index is 12.9. The molecular weight excluding hydrogens is 298 g/mol. The van der Waals surface area contributed by atoms with E-state index in [1.807, 2.05) is 26.0 Å².